The van der Waals surface area contributed by atoms with Crippen LogP contribution in [-0.4, -0.2) is 29.6 Å². The molecular formula is C16H28N2O. The Bertz CT molecular complexity index is 310. The number of likely N-dealkylation sites (tertiary alicyclic amines) is 1. The minimum atomic E-state index is 0.239. The monoisotopic (exact) mass is 264 g/mol. The zero-order valence-electron chi connectivity index (χ0n) is 12.1. The van der Waals surface area contributed by atoms with Gasteiger partial charge in [0.2, 0.25) is 0 Å². The molecule has 1 N–H and O–H groups in total. The molecule has 3 rings (SSSR count). The smallest absolute Gasteiger partial charge is 0.317 e. The van der Waals surface area contributed by atoms with Crippen LogP contribution in [0.3, 0.4) is 0 Å². The normalized spacial score (nSPS) is 32.7. The van der Waals surface area contributed by atoms with Gasteiger partial charge in [-0.15, -0.1) is 0 Å². The fourth-order valence-corrected chi connectivity index (χ4v) is 4.38. The Morgan fingerprint density at radius 2 is 1.53 bits per heavy atom. The number of nitrogens with one attached hydrogen (secondary N) is 1. The van der Waals surface area contributed by atoms with Gasteiger partial charge in [0.05, 0.1) is 0 Å². The second-order valence-electron chi connectivity index (χ2n) is 6.73. The number of piperidine rings is 1. The van der Waals surface area contributed by atoms with Crippen LogP contribution in [0.2, 0.25) is 0 Å². The summed E-state index contributed by atoms with van der Waals surface area (Å²) in [5.74, 6) is 0.791. The van der Waals surface area contributed by atoms with Crippen LogP contribution in [0, 0.1) is 5.92 Å². The first-order valence-electron chi connectivity index (χ1n) is 8.42. The van der Waals surface area contributed by atoms with E-state index in [9.17, 15) is 4.79 Å². The van der Waals surface area contributed by atoms with Gasteiger partial charge in [0, 0.05) is 18.6 Å². The third-order valence-corrected chi connectivity index (χ3v) is 5.44. The van der Waals surface area contributed by atoms with Crippen molar-refractivity contribution in [2.24, 2.45) is 5.92 Å². The summed E-state index contributed by atoms with van der Waals surface area (Å²) in [7, 11) is 0. The van der Waals surface area contributed by atoms with Crippen molar-refractivity contribution < 1.29 is 4.79 Å². The SMILES string of the molecule is O=C(NC1CCCCC1)N1CCC[C@@H]2CCCC[C@@H]21. The topological polar surface area (TPSA) is 32.3 Å². The Morgan fingerprint density at radius 3 is 2.37 bits per heavy atom. The summed E-state index contributed by atoms with van der Waals surface area (Å²) in [5.41, 5.74) is 0. The lowest BCUT2D eigenvalue weighted by molar-refractivity contribution is 0.0818. The van der Waals surface area contributed by atoms with Crippen LogP contribution in [0.1, 0.15) is 70.6 Å². The van der Waals surface area contributed by atoms with Crippen LogP contribution in [0.5, 0.6) is 0 Å². The number of carbonyl (C=O) groups is 1. The predicted octanol–water partition coefficient (Wildman–Crippen LogP) is 3.68. The van der Waals surface area contributed by atoms with E-state index in [1.165, 1.54) is 70.6 Å². The number of rotatable bonds is 1. The van der Waals surface area contributed by atoms with Crippen molar-refractivity contribution in [2.75, 3.05) is 6.54 Å². The van der Waals surface area contributed by atoms with E-state index in [0.29, 0.717) is 12.1 Å². The molecular weight excluding hydrogens is 236 g/mol. The first-order chi connectivity index (χ1) is 9.34. The van der Waals surface area contributed by atoms with Gasteiger partial charge >= 0.3 is 6.03 Å². The number of nitrogens with zero attached hydrogens (tertiary/aromatic N) is 1. The lowest BCUT2D eigenvalue weighted by Gasteiger charge is -2.44. The molecule has 1 aliphatic heterocycles. The lowest BCUT2D eigenvalue weighted by Crippen LogP contribution is -2.55. The second-order valence-corrected chi connectivity index (χ2v) is 6.73. The van der Waals surface area contributed by atoms with Crippen LogP contribution in [0.15, 0.2) is 0 Å². The van der Waals surface area contributed by atoms with E-state index < -0.39 is 0 Å². The summed E-state index contributed by atoms with van der Waals surface area (Å²) in [6.45, 7) is 0.986. The molecule has 2 atom stereocenters. The first kappa shape index (κ1) is 13.3. The zero-order chi connectivity index (χ0) is 13.1. The molecule has 0 aromatic rings. The van der Waals surface area contributed by atoms with Crippen LogP contribution in [0.4, 0.5) is 4.79 Å². The van der Waals surface area contributed by atoms with Crippen molar-refractivity contribution in [2.45, 2.75) is 82.7 Å². The number of hydrogen-bond acceptors (Lipinski definition) is 1. The maximum atomic E-state index is 12.5. The molecule has 0 unspecified atom stereocenters. The van der Waals surface area contributed by atoms with Gasteiger partial charge in [0.25, 0.3) is 0 Å². The highest BCUT2D eigenvalue weighted by molar-refractivity contribution is 5.75. The Hall–Kier alpha value is -0.730. The highest BCUT2D eigenvalue weighted by Gasteiger charge is 2.36. The standard InChI is InChI=1S/C16H28N2O/c19-16(17-14-9-2-1-3-10-14)18-12-6-8-13-7-4-5-11-15(13)18/h13-15H,1-12H2,(H,17,19)/t13-,15-/m0/s1. The molecule has 3 nitrogen and oxygen atoms in total. The van der Waals surface area contributed by atoms with Crippen LogP contribution in [-0.2, 0) is 0 Å². The average Bonchev–Trinajstić information content (AvgIpc) is 2.47. The van der Waals surface area contributed by atoms with Gasteiger partial charge in [-0.1, -0.05) is 32.1 Å². The van der Waals surface area contributed by atoms with Crippen molar-refractivity contribution >= 4 is 6.03 Å². The molecule has 1 heterocycles. The van der Waals surface area contributed by atoms with E-state index in [1.807, 2.05) is 0 Å². The quantitative estimate of drug-likeness (QED) is 0.770. The molecule has 1 saturated heterocycles. The van der Waals surface area contributed by atoms with Gasteiger partial charge < -0.3 is 10.2 Å². The molecule has 0 bridgehead atoms. The van der Waals surface area contributed by atoms with Gasteiger partial charge in [-0.05, 0) is 44.4 Å². The second kappa shape index (κ2) is 6.15. The molecule has 3 heteroatoms. The van der Waals surface area contributed by atoms with Gasteiger partial charge in [-0.2, -0.15) is 0 Å². The summed E-state index contributed by atoms with van der Waals surface area (Å²) < 4.78 is 0. The summed E-state index contributed by atoms with van der Waals surface area (Å²) >= 11 is 0. The van der Waals surface area contributed by atoms with E-state index in [1.54, 1.807) is 0 Å². The van der Waals surface area contributed by atoms with Crippen molar-refractivity contribution in [3.05, 3.63) is 0 Å². The van der Waals surface area contributed by atoms with Crippen molar-refractivity contribution in [1.29, 1.82) is 0 Å². The number of urea groups is 1. The number of amides is 2. The third-order valence-electron chi connectivity index (χ3n) is 5.44. The number of hydrogen-bond donors (Lipinski definition) is 1. The Labute approximate surface area is 117 Å². The Balaban J connectivity index is 1.58. The van der Waals surface area contributed by atoms with Crippen molar-refractivity contribution in [1.82, 2.24) is 10.2 Å². The highest BCUT2D eigenvalue weighted by Crippen LogP contribution is 2.35. The van der Waals surface area contributed by atoms with Crippen molar-refractivity contribution in [3.8, 4) is 0 Å². The molecule has 2 amide bonds. The van der Waals surface area contributed by atoms with E-state index in [0.717, 1.165) is 12.5 Å². The fraction of sp³-hybridized carbons (Fsp3) is 0.938. The molecule has 0 aromatic heterocycles. The van der Waals surface area contributed by atoms with E-state index in [4.69, 9.17) is 0 Å². The van der Waals surface area contributed by atoms with Gasteiger partial charge in [0.15, 0.2) is 0 Å². The molecule has 0 radical (unpaired) electrons. The first-order valence-corrected chi connectivity index (χ1v) is 8.42. The van der Waals surface area contributed by atoms with Gasteiger partial charge in [0.1, 0.15) is 0 Å². The maximum Gasteiger partial charge on any atom is 0.317 e. The molecule has 2 aliphatic carbocycles. The summed E-state index contributed by atoms with van der Waals surface area (Å²) in [4.78, 5) is 14.7. The molecule has 3 fully saturated rings. The van der Waals surface area contributed by atoms with E-state index in [-0.39, 0.29) is 6.03 Å². The predicted molar refractivity (Wildman–Crippen MR) is 77.1 cm³/mol. The zero-order valence-corrected chi connectivity index (χ0v) is 12.1. The maximum absolute atomic E-state index is 12.5. The molecule has 0 aromatic carbocycles. The summed E-state index contributed by atoms with van der Waals surface area (Å²) in [5, 5.41) is 3.31. The third kappa shape index (κ3) is 3.06. The minimum Gasteiger partial charge on any atom is -0.335 e. The number of carbonyl (C=O) groups excluding carboxylic acids is 1. The van der Waals surface area contributed by atoms with Crippen LogP contribution < -0.4 is 5.32 Å². The van der Waals surface area contributed by atoms with E-state index in [2.05, 4.69) is 10.2 Å². The molecule has 2 saturated carbocycles. The fourth-order valence-electron chi connectivity index (χ4n) is 4.38. The van der Waals surface area contributed by atoms with E-state index >= 15 is 0 Å². The largest absolute Gasteiger partial charge is 0.335 e. The highest BCUT2D eigenvalue weighted by atomic mass is 16.2. The Morgan fingerprint density at radius 1 is 0.842 bits per heavy atom. The van der Waals surface area contributed by atoms with Crippen LogP contribution >= 0.6 is 0 Å². The number of fused-ring (bicyclic) bond motifs is 1. The summed E-state index contributed by atoms with van der Waals surface area (Å²) in [6, 6.07) is 1.24. The molecule has 3 aliphatic rings. The Kier molecular flexibility index (Phi) is 4.29. The minimum absolute atomic E-state index is 0.239. The van der Waals surface area contributed by atoms with Crippen LogP contribution in [0.25, 0.3) is 0 Å². The van der Waals surface area contributed by atoms with Gasteiger partial charge in [-0.25, -0.2) is 4.79 Å². The summed E-state index contributed by atoms with van der Waals surface area (Å²) in [6.07, 6.45) is 14.1. The van der Waals surface area contributed by atoms with Gasteiger partial charge in [-0.3, -0.25) is 0 Å². The lowest BCUT2D eigenvalue weighted by atomic mass is 9.78. The molecule has 19 heavy (non-hydrogen) atoms. The average molecular weight is 264 g/mol. The van der Waals surface area contributed by atoms with Crippen molar-refractivity contribution in [3.63, 3.8) is 0 Å². The molecule has 108 valence electrons. The molecule has 0 spiro atoms.